The molecule has 0 aliphatic rings. The summed E-state index contributed by atoms with van der Waals surface area (Å²) in [5, 5.41) is 2.91. The van der Waals surface area contributed by atoms with Crippen LogP contribution in [0, 0.1) is 6.92 Å². The molecule has 0 bridgehead atoms. The summed E-state index contributed by atoms with van der Waals surface area (Å²) in [5.41, 5.74) is 2.02. The van der Waals surface area contributed by atoms with Crippen LogP contribution >= 0.6 is 11.3 Å². The summed E-state index contributed by atoms with van der Waals surface area (Å²) in [6, 6.07) is 19.2. The van der Waals surface area contributed by atoms with Gasteiger partial charge in [0.25, 0.3) is 0 Å². The highest BCUT2D eigenvalue weighted by Crippen LogP contribution is 2.28. The Morgan fingerprint density at radius 3 is 2.38 bits per heavy atom. The molecule has 1 N–H and O–H groups in total. The summed E-state index contributed by atoms with van der Waals surface area (Å²) in [4.78, 5) is 32.0. The second kappa shape index (κ2) is 14.1. The summed E-state index contributed by atoms with van der Waals surface area (Å²) in [6.45, 7) is 7.42. The molecule has 0 atom stereocenters. The minimum atomic E-state index is -0.302. The van der Waals surface area contributed by atoms with Gasteiger partial charge in [0.05, 0.1) is 20.8 Å². The Hall–Kier alpha value is -3.78. The summed E-state index contributed by atoms with van der Waals surface area (Å²) in [5.74, 6) is 1.19. The number of amides is 3. The third-order valence-corrected chi connectivity index (χ3v) is 6.85. The maximum absolute atomic E-state index is 13.5. The van der Waals surface area contributed by atoms with Crippen LogP contribution in [0.5, 0.6) is 11.5 Å². The van der Waals surface area contributed by atoms with Gasteiger partial charge in [0.15, 0.2) is 11.5 Å². The average Bonchev–Trinajstić information content (AvgIpc) is 3.34. The van der Waals surface area contributed by atoms with Gasteiger partial charge >= 0.3 is 6.03 Å². The van der Waals surface area contributed by atoms with Crippen molar-refractivity contribution in [2.24, 2.45) is 0 Å². The fourth-order valence-electron chi connectivity index (χ4n) is 3.87. The molecule has 2 aromatic carbocycles. The monoisotopic (exact) mass is 521 g/mol. The fraction of sp³-hybridized carbons (Fsp3) is 0.310. The van der Waals surface area contributed by atoms with Crippen LogP contribution in [0.2, 0.25) is 0 Å². The van der Waals surface area contributed by atoms with Gasteiger partial charge in [0, 0.05) is 29.4 Å². The van der Waals surface area contributed by atoms with E-state index in [4.69, 9.17) is 9.47 Å². The molecule has 0 spiro atoms. The highest BCUT2D eigenvalue weighted by Gasteiger charge is 2.21. The summed E-state index contributed by atoms with van der Waals surface area (Å²) in [6.07, 6.45) is 2.27. The van der Waals surface area contributed by atoms with E-state index in [2.05, 4.69) is 18.0 Å². The number of carbonyl (C=O) groups excluding carboxylic acids is 2. The number of urea groups is 1. The predicted molar refractivity (Wildman–Crippen MR) is 148 cm³/mol. The average molecular weight is 522 g/mol. The van der Waals surface area contributed by atoms with Crippen LogP contribution in [0.4, 0.5) is 4.79 Å². The maximum Gasteiger partial charge on any atom is 0.318 e. The summed E-state index contributed by atoms with van der Waals surface area (Å²) < 4.78 is 10.8. The number of aryl methyl sites for hydroxylation is 1. The Morgan fingerprint density at radius 2 is 1.73 bits per heavy atom. The molecular weight excluding hydrogens is 486 g/mol. The zero-order chi connectivity index (χ0) is 26.6. The number of methoxy groups -OCH3 is 2. The minimum absolute atomic E-state index is 0.0388. The van der Waals surface area contributed by atoms with Gasteiger partial charge in [-0.2, -0.15) is 0 Å². The summed E-state index contributed by atoms with van der Waals surface area (Å²) >= 11 is 1.67. The molecule has 3 aromatic rings. The third kappa shape index (κ3) is 8.39. The van der Waals surface area contributed by atoms with Gasteiger partial charge in [-0.15, -0.1) is 17.9 Å². The number of hydrogen-bond acceptors (Lipinski definition) is 5. The molecule has 196 valence electrons. The Kier molecular flexibility index (Phi) is 10.6. The predicted octanol–water partition coefficient (Wildman–Crippen LogP) is 5.04. The number of hydrogen-bond donors (Lipinski definition) is 1. The lowest BCUT2D eigenvalue weighted by Gasteiger charge is -2.27. The molecule has 0 saturated carbocycles. The largest absolute Gasteiger partial charge is 0.493 e. The Labute approximate surface area is 223 Å². The minimum Gasteiger partial charge on any atom is -0.493 e. The third-order valence-electron chi connectivity index (χ3n) is 5.86. The first-order valence-corrected chi connectivity index (χ1v) is 13.0. The number of thiophene rings is 1. The Bertz CT molecular complexity index is 1180. The van der Waals surface area contributed by atoms with Crippen molar-refractivity contribution in [2.75, 3.05) is 33.9 Å². The van der Waals surface area contributed by atoms with E-state index in [0.29, 0.717) is 37.6 Å². The molecule has 0 fully saturated rings. The summed E-state index contributed by atoms with van der Waals surface area (Å²) in [7, 11) is 3.21. The van der Waals surface area contributed by atoms with Crippen molar-refractivity contribution in [3.63, 3.8) is 0 Å². The molecule has 0 aliphatic carbocycles. The Balaban J connectivity index is 1.70. The number of nitrogens with one attached hydrogen (secondary N) is 1. The van der Waals surface area contributed by atoms with Crippen molar-refractivity contribution >= 4 is 23.3 Å². The molecule has 0 radical (unpaired) electrons. The molecule has 1 aromatic heterocycles. The molecule has 37 heavy (non-hydrogen) atoms. The van der Waals surface area contributed by atoms with E-state index < -0.39 is 0 Å². The molecule has 8 heteroatoms. The van der Waals surface area contributed by atoms with Crippen LogP contribution in [0.1, 0.15) is 20.9 Å². The van der Waals surface area contributed by atoms with E-state index in [1.807, 2.05) is 66.4 Å². The molecule has 3 amide bonds. The molecule has 0 saturated heterocycles. The van der Waals surface area contributed by atoms with E-state index in [-0.39, 0.29) is 25.0 Å². The molecule has 7 nitrogen and oxygen atoms in total. The topological polar surface area (TPSA) is 71.1 Å². The maximum atomic E-state index is 13.5. The van der Waals surface area contributed by atoms with Crippen molar-refractivity contribution < 1.29 is 19.1 Å². The smallest absolute Gasteiger partial charge is 0.318 e. The van der Waals surface area contributed by atoms with Crippen LogP contribution in [0.15, 0.2) is 73.3 Å². The van der Waals surface area contributed by atoms with Gasteiger partial charge in [-0.25, -0.2) is 4.79 Å². The van der Waals surface area contributed by atoms with Crippen LogP contribution in [0.25, 0.3) is 0 Å². The van der Waals surface area contributed by atoms with Crippen LogP contribution in [0.3, 0.4) is 0 Å². The second-order valence-corrected chi connectivity index (χ2v) is 9.95. The number of nitrogens with zero attached hydrogens (tertiary/aromatic N) is 2. The molecule has 1 heterocycles. The second-order valence-electron chi connectivity index (χ2n) is 8.58. The van der Waals surface area contributed by atoms with E-state index in [9.17, 15) is 9.59 Å². The molecule has 0 aliphatic heterocycles. The molecule has 3 rings (SSSR count). The first-order chi connectivity index (χ1) is 17.9. The highest BCUT2D eigenvalue weighted by molar-refractivity contribution is 7.11. The van der Waals surface area contributed by atoms with Gasteiger partial charge in [-0.05, 0) is 48.7 Å². The number of benzene rings is 2. The van der Waals surface area contributed by atoms with Crippen molar-refractivity contribution in [3.05, 3.63) is 94.2 Å². The number of ether oxygens (including phenoxy) is 2. The normalized spacial score (nSPS) is 10.5. The number of carbonyl (C=O) groups is 2. The van der Waals surface area contributed by atoms with Crippen LogP contribution in [-0.2, 0) is 24.3 Å². The van der Waals surface area contributed by atoms with Crippen molar-refractivity contribution in [3.8, 4) is 11.5 Å². The van der Waals surface area contributed by atoms with E-state index >= 15 is 0 Å². The van der Waals surface area contributed by atoms with Gasteiger partial charge in [0.2, 0.25) is 5.91 Å². The highest BCUT2D eigenvalue weighted by atomic mass is 32.1. The van der Waals surface area contributed by atoms with Crippen LogP contribution in [-0.4, -0.2) is 55.6 Å². The van der Waals surface area contributed by atoms with Crippen molar-refractivity contribution in [1.82, 2.24) is 15.1 Å². The van der Waals surface area contributed by atoms with Crippen LogP contribution < -0.4 is 14.8 Å². The van der Waals surface area contributed by atoms with E-state index in [0.717, 1.165) is 16.0 Å². The van der Waals surface area contributed by atoms with E-state index in [1.54, 1.807) is 31.6 Å². The lowest BCUT2D eigenvalue weighted by Crippen LogP contribution is -2.46. The molecule has 0 unspecified atom stereocenters. The zero-order valence-electron chi connectivity index (χ0n) is 21.7. The lowest BCUT2D eigenvalue weighted by atomic mass is 10.1. The van der Waals surface area contributed by atoms with Crippen molar-refractivity contribution in [2.45, 2.75) is 26.4 Å². The zero-order valence-corrected chi connectivity index (χ0v) is 22.6. The first-order valence-electron chi connectivity index (χ1n) is 12.1. The lowest BCUT2D eigenvalue weighted by molar-refractivity contribution is -0.132. The van der Waals surface area contributed by atoms with Gasteiger partial charge in [0.1, 0.15) is 6.54 Å². The van der Waals surface area contributed by atoms with Crippen molar-refractivity contribution in [1.29, 1.82) is 0 Å². The van der Waals surface area contributed by atoms with Gasteiger partial charge < -0.3 is 24.6 Å². The first kappa shape index (κ1) is 27.8. The molecular formula is C29H35N3O4S. The van der Waals surface area contributed by atoms with Gasteiger partial charge in [-0.1, -0.05) is 42.5 Å². The Morgan fingerprint density at radius 1 is 0.973 bits per heavy atom. The van der Waals surface area contributed by atoms with E-state index in [1.165, 1.54) is 9.78 Å². The fourth-order valence-corrected chi connectivity index (χ4v) is 4.78. The quantitative estimate of drug-likeness (QED) is 0.320. The number of rotatable bonds is 13. The van der Waals surface area contributed by atoms with Gasteiger partial charge in [-0.3, -0.25) is 4.79 Å². The standard InChI is InChI=1S/C29H35N3O4S/c1-5-16-32(29(34)30-19-24-9-7-6-8-10-24)21-28(33)31(20-25-13-11-22(2)37-25)17-15-23-12-14-26(35-3)27(18-23)36-4/h5-14,18H,1,15-17,19-21H2,2-4H3,(H,30,34). The SMILES string of the molecule is C=CCN(CC(=O)N(CCc1ccc(OC)c(OC)c1)Cc1ccc(C)s1)C(=O)NCc1ccccc1.